The Kier molecular flexibility index (Phi) is 8.12. The summed E-state index contributed by atoms with van der Waals surface area (Å²) in [4.78, 5) is 0. The molecule has 0 aliphatic heterocycles. The molecule has 0 aliphatic rings. The van der Waals surface area contributed by atoms with E-state index in [1.807, 2.05) is 11.3 Å². The van der Waals surface area contributed by atoms with Gasteiger partial charge in [0, 0.05) is 20.2 Å². The van der Waals surface area contributed by atoms with Crippen LogP contribution in [0, 0.1) is 0 Å². The van der Waals surface area contributed by atoms with Crippen molar-refractivity contribution in [2.24, 2.45) is 0 Å². The van der Waals surface area contributed by atoms with Gasteiger partial charge in [0.15, 0.2) is 0 Å². The molecule has 0 spiro atoms. The average molecular weight is 741 g/mol. The minimum absolute atomic E-state index is 1.21. The Morgan fingerprint density at radius 1 is 0.193 bits per heavy atom. The van der Waals surface area contributed by atoms with E-state index in [9.17, 15) is 0 Å². The monoisotopic (exact) mass is 740 g/mol. The van der Waals surface area contributed by atoms with E-state index in [0.717, 1.165) is 0 Å². The summed E-state index contributed by atoms with van der Waals surface area (Å²) in [6, 6.07) is 80.2. The van der Waals surface area contributed by atoms with E-state index in [-0.39, 0.29) is 0 Å². The minimum atomic E-state index is 1.21. The average Bonchev–Trinajstić information content (AvgIpc) is 3.66. The standard InChI is InChI=1S/C56H36S/c1-4-14-37(15-5-1)40-20-12-21-41(32-40)45-27-30-53-50(34-45)51-35-46(28-31-54(51)57-53)43-23-13-22-42(33-43)44-26-29-49-52(36-44)56(39-18-8-3-9-19-39)48-25-11-10-24-47(48)55(49)38-16-6-2-7-17-38/h1-36H. The summed E-state index contributed by atoms with van der Waals surface area (Å²) in [6.45, 7) is 0. The molecule has 0 amide bonds. The van der Waals surface area contributed by atoms with E-state index in [2.05, 4.69) is 218 Å². The molecule has 266 valence electrons. The van der Waals surface area contributed by atoms with E-state index < -0.39 is 0 Å². The molecule has 0 atom stereocenters. The summed E-state index contributed by atoms with van der Waals surface area (Å²) in [5, 5.41) is 7.67. The molecule has 1 heterocycles. The maximum atomic E-state index is 2.42. The van der Waals surface area contributed by atoms with Crippen molar-refractivity contribution in [3.05, 3.63) is 218 Å². The number of hydrogen-bond acceptors (Lipinski definition) is 1. The van der Waals surface area contributed by atoms with Gasteiger partial charge in [0.25, 0.3) is 0 Å². The molecule has 10 aromatic carbocycles. The van der Waals surface area contributed by atoms with Crippen molar-refractivity contribution in [2.45, 2.75) is 0 Å². The summed E-state index contributed by atoms with van der Waals surface area (Å²) >= 11 is 1.87. The molecule has 0 nitrogen and oxygen atoms in total. The molecule has 0 saturated heterocycles. The summed E-state index contributed by atoms with van der Waals surface area (Å²) in [5.41, 5.74) is 14.8. The van der Waals surface area contributed by atoms with Crippen LogP contribution in [0.1, 0.15) is 0 Å². The highest BCUT2D eigenvalue weighted by Crippen LogP contribution is 2.45. The van der Waals surface area contributed by atoms with Crippen LogP contribution in [0.3, 0.4) is 0 Å². The van der Waals surface area contributed by atoms with E-state index in [1.165, 1.54) is 108 Å². The van der Waals surface area contributed by atoms with Crippen LogP contribution in [0.15, 0.2) is 218 Å². The van der Waals surface area contributed by atoms with Gasteiger partial charge in [-0.1, -0.05) is 176 Å². The second-order valence-corrected chi connectivity index (χ2v) is 15.9. The lowest BCUT2D eigenvalue weighted by atomic mass is 9.85. The fourth-order valence-corrected chi connectivity index (χ4v) is 9.78. The highest BCUT2D eigenvalue weighted by atomic mass is 32.1. The Morgan fingerprint density at radius 2 is 0.526 bits per heavy atom. The second-order valence-electron chi connectivity index (χ2n) is 14.8. The van der Waals surface area contributed by atoms with Crippen LogP contribution in [0.5, 0.6) is 0 Å². The highest BCUT2D eigenvalue weighted by molar-refractivity contribution is 7.25. The van der Waals surface area contributed by atoms with Gasteiger partial charge < -0.3 is 0 Å². The predicted molar refractivity (Wildman–Crippen MR) is 247 cm³/mol. The van der Waals surface area contributed by atoms with Gasteiger partial charge in [-0.15, -0.1) is 11.3 Å². The zero-order chi connectivity index (χ0) is 37.7. The fourth-order valence-electron chi connectivity index (χ4n) is 8.71. The molecule has 0 aliphatic carbocycles. The summed E-state index contributed by atoms with van der Waals surface area (Å²) in [6.07, 6.45) is 0. The van der Waals surface area contributed by atoms with Gasteiger partial charge in [-0.2, -0.15) is 0 Å². The summed E-state index contributed by atoms with van der Waals surface area (Å²) < 4.78 is 2.62. The van der Waals surface area contributed by atoms with Gasteiger partial charge in [0.2, 0.25) is 0 Å². The van der Waals surface area contributed by atoms with E-state index >= 15 is 0 Å². The van der Waals surface area contributed by atoms with Gasteiger partial charge in [-0.05, 0) is 131 Å². The summed E-state index contributed by atoms with van der Waals surface area (Å²) in [5.74, 6) is 0. The number of rotatable bonds is 6. The Bertz CT molecular complexity index is 3270. The zero-order valence-electron chi connectivity index (χ0n) is 31.2. The Balaban J connectivity index is 1.03. The van der Waals surface area contributed by atoms with Gasteiger partial charge >= 0.3 is 0 Å². The van der Waals surface area contributed by atoms with Gasteiger partial charge in [0.1, 0.15) is 0 Å². The summed E-state index contributed by atoms with van der Waals surface area (Å²) in [7, 11) is 0. The molecule has 1 aromatic heterocycles. The number of fused-ring (bicyclic) bond motifs is 5. The van der Waals surface area contributed by atoms with E-state index in [1.54, 1.807) is 0 Å². The van der Waals surface area contributed by atoms with Crippen LogP contribution in [0.25, 0.3) is 108 Å². The predicted octanol–water partition coefficient (Wildman–Crippen LogP) is 16.4. The maximum Gasteiger partial charge on any atom is 0.0355 e. The minimum Gasteiger partial charge on any atom is -0.135 e. The lowest BCUT2D eigenvalue weighted by Gasteiger charge is -2.19. The Labute approximate surface area is 336 Å². The van der Waals surface area contributed by atoms with Crippen molar-refractivity contribution in [1.82, 2.24) is 0 Å². The molecule has 11 aromatic rings. The maximum absolute atomic E-state index is 2.42. The van der Waals surface area contributed by atoms with Crippen LogP contribution >= 0.6 is 11.3 Å². The van der Waals surface area contributed by atoms with Crippen LogP contribution in [-0.2, 0) is 0 Å². The molecule has 0 radical (unpaired) electrons. The molecule has 0 unspecified atom stereocenters. The topological polar surface area (TPSA) is 0 Å². The second kappa shape index (κ2) is 13.9. The van der Waals surface area contributed by atoms with Crippen molar-refractivity contribution in [3.8, 4) is 66.8 Å². The lowest BCUT2D eigenvalue weighted by Crippen LogP contribution is -1.91. The van der Waals surface area contributed by atoms with Gasteiger partial charge in [-0.25, -0.2) is 0 Å². The van der Waals surface area contributed by atoms with Crippen molar-refractivity contribution >= 4 is 53.1 Å². The smallest absolute Gasteiger partial charge is 0.0355 e. The Morgan fingerprint density at radius 3 is 1.02 bits per heavy atom. The largest absolute Gasteiger partial charge is 0.135 e. The molecule has 1 heteroatoms. The van der Waals surface area contributed by atoms with E-state index in [0.29, 0.717) is 0 Å². The molecular weight excluding hydrogens is 705 g/mol. The SMILES string of the molecule is c1ccc(-c2cccc(-c3ccc4sc5ccc(-c6cccc(-c7ccc8c(-c9ccccc9)c9ccccc9c(-c9ccccc9)c8c7)c6)cc5c4c3)c2)cc1. The Hall–Kier alpha value is -7.06. The number of thiophene rings is 1. The van der Waals surface area contributed by atoms with Crippen LogP contribution in [0.4, 0.5) is 0 Å². The van der Waals surface area contributed by atoms with Crippen molar-refractivity contribution < 1.29 is 0 Å². The van der Waals surface area contributed by atoms with Crippen LogP contribution in [0.2, 0.25) is 0 Å². The van der Waals surface area contributed by atoms with Crippen LogP contribution < -0.4 is 0 Å². The molecule has 11 rings (SSSR count). The molecule has 57 heavy (non-hydrogen) atoms. The third-order valence-electron chi connectivity index (χ3n) is 11.5. The normalized spacial score (nSPS) is 11.5. The molecule has 0 fully saturated rings. The quantitative estimate of drug-likeness (QED) is 0.149. The van der Waals surface area contributed by atoms with Gasteiger partial charge in [0.05, 0.1) is 0 Å². The highest BCUT2D eigenvalue weighted by Gasteiger charge is 2.18. The molecular formula is C56H36S. The molecule has 0 N–H and O–H groups in total. The van der Waals surface area contributed by atoms with E-state index in [4.69, 9.17) is 0 Å². The zero-order valence-corrected chi connectivity index (χ0v) is 32.0. The third-order valence-corrected chi connectivity index (χ3v) is 12.6. The first-order chi connectivity index (χ1) is 28.2. The number of hydrogen-bond donors (Lipinski definition) is 0. The van der Waals surface area contributed by atoms with Crippen molar-refractivity contribution in [2.75, 3.05) is 0 Å². The molecule has 0 saturated carbocycles. The first-order valence-corrected chi connectivity index (χ1v) is 20.4. The van der Waals surface area contributed by atoms with Gasteiger partial charge in [-0.3, -0.25) is 0 Å². The first kappa shape index (κ1) is 33.3. The van der Waals surface area contributed by atoms with Crippen molar-refractivity contribution in [3.63, 3.8) is 0 Å². The van der Waals surface area contributed by atoms with Crippen molar-refractivity contribution in [1.29, 1.82) is 0 Å². The third kappa shape index (κ3) is 5.92. The first-order valence-electron chi connectivity index (χ1n) is 19.6. The number of benzene rings is 10. The lowest BCUT2D eigenvalue weighted by molar-refractivity contribution is 1.60. The van der Waals surface area contributed by atoms with Crippen LogP contribution in [-0.4, -0.2) is 0 Å². The fraction of sp³-hybridized carbons (Fsp3) is 0. The molecule has 0 bridgehead atoms.